The van der Waals surface area contributed by atoms with Crippen molar-refractivity contribution < 1.29 is 10.2 Å². The predicted molar refractivity (Wildman–Crippen MR) is 117 cm³/mol. The quantitative estimate of drug-likeness (QED) is 0.402. The molecular formula is C25H22O2S. The summed E-state index contributed by atoms with van der Waals surface area (Å²) >= 11 is 1.63. The van der Waals surface area contributed by atoms with Gasteiger partial charge in [-0.2, -0.15) is 0 Å². The monoisotopic (exact) mass is 386 g/mol. The van der Waals surface area contributed by atoms with Crippen molar-refractivity contribution in [3.05, 3.63) is 95.6 Å². The minimum absolute atomic E-state index is 0.0603. The summed E-state index contributed by atoms with van der Waals surface area (Å²) in [5.41, 5.74) is 3.00. The van der Waals surface area contributed by atoms with E-state index in [1.54, 1.807) is 23.9 Å². The summed E-state index contributed by atoms with van der Waals surface area (Å²) < 4.78 is 0. The Morgan fingerprint density at radius 3 is 2.25 bits per heavy atom. The maximum absolute atomic E-state index is 10.8. The summed E-state index contributed by atoms with van der Waals surface area (Å²) in [6.07, 6.45) is 0. The molecule has 0 aromatic heterocycles. The number of benzene rings is 4. The van der Waals surface area contributed by atoms with Crippen molar-refractivity contribution in [1.29, 1.82) is 0 Å². The highest BCUT2D eigenvalue weighted by Gasteiger charge is 2.18. The maximum atomic E-state index is 10.8. The van der Waals surface area contributed by atoms with Crippen LogP contribution in [0.4, 0.5) is 0 Å². The zero-order valence-electron chi connectivity index (χ0n) is 15.9. The van der Waals surface area contributed by atoms with Crippen LogP contribution in [-0.2, 0) is 0 Å². The Labute approximate surface area is 169 Å². The fourth-order valence-electron chi connectivity index (χ4n) is 3.61. The van der Waals surface area contributed by atoms with Crippen molar-refractivity contribution in [1.82, 2.24) is 0 Å². The lowest BCUT2D eigenvalue weighted by Gasteiger charge is -2.19. The van der Waals surface area contributed by atoms with Crippen LogP contribution in [0.1, 0.15) is 29.5 Å². The number of aryl methyl sites for hydroxylation is 1. The van der Waals surface area contributed by atoms with E-state index >= 15 is 0 Å². The van der Waals surface area contributed by atoms with E-state index in [0.717, 1.165) is 20.9 Å². The zero-order chi connectivity index (χ0) is 19.7. The first-order valence-electron chi connectivity index (χ1n) is 9.31. The van der Waals surface area contributed by atoms with Crippen LogP contribution in [0.2, 0.25) is 0 Å². The molecule has 0 amide bonds. The first-order valence-corrected chi connectivity index (χ1v) is 10.1. The number of rotatable bonds is 4. The van der Waals surface area contributed by atoms with Gasteiger partial charge in [-0.1, -0.05) is 61.2 Å². The van der Waals surface area contributed by atoms with E-state index in [1.165, 1.54) is 16.3 Å². The number of phenolic OH excluding ortho intramolecular Hbond substituents is 2. The van der Waals surface area contributed by atoms with Crippen molar-refractivity contribution in [2.75, 3.05) is 0 Å². The lowest BCUT2D eigenvalue weighted by Crippen LogP contribution is -1.99. The smallest absolute Gasteiger partial charge is 0.122 e. The van der Waals surface area contributed by atoms with Crippen LogP contribution < -0.4 is 0 Å². The van der Waals surface area contributed by atoms with Gasteiger partial charge in [0, 0.05) is 21.3 Å². The first kappa shape index (κ1) is 18.5. The lowest BCUT2D eigenvalue weighted by molar-refractivity contribution is 0.461. The van der Waals surface area contributed by atoms with Gasteiger partial charge in [0.1, 0.15) is 11.5 Å². The van der Waals surface area contributed by atoms with Gasteiger partial charge >= 0.3 is 0 Å². The summed E-state index contributed by atoms with van der Waals surface area (Å²) in [6, 6.07) is 26.0. The van der Waals surface area contributed by atoms with E-state index < -0.39 is 0 Å². The van der Waals surface area contributed by atoms with E-state index in [4.69, 9.17) is 0 Å². The molecule has 0 aliphatic rings. The summed E-state index contributed by atoms with van der Waals surface area (Å²) in [4.78, 5) is 2.12. The van der Waals surface area contributed by atoms with Crippen molar-refractivity contribution in [2.45, 2.75) is 29.6 Å². The molecule has 4 aromatic carbocycles. The average molecular weight is 387 g/mol. The van der Waals surface area contributed by atoms with Gasteiger partial charge in [0.05, 0.1) is 0 Å². The predicted octanol–water partition coefficient (Wildman–Crippen LogP) is 6.86. The maximum Gasteiger partial charge on any atom is 0.122 e. The molecule has 28 heavy (non-hydrogen) atoms. The molecule has 3 heteroatoms. The highest BCUT2D eigenvalue weighted by atomic mass is 32.2. The number of phenols is 2. The second-order valence-corrected chi connectivity index (χ2v) is 8.21. The second kappa shape index (κ2) is 7.61. The summed E-state index contributed by atoms with van der Waals surface area (Å²) in [7, 11) is 0. The van der Waals surface area contributed by atoms with Gasteiger partial charge in [0.25, 0.3) is 0 Å². The molecule has 0 aliphatic carbocycles. The lowest BCUT2D eigenvalue weighted by atomic mass is 9.88. The summed E-state index contributed by atoms with van der Waals surface area (Å²) in [5.74, 6) is 0.678. The van der Waals surface area contributed by atoms with E-state index in [1.807, 2.05) is 31.2 Å². The molecule has 0 spiro atoms. The van der Waals surface area contributed by atoms with Crippen molar-refractivity contribution in [3.8, 4) is 11.5 Å². The Hall–Kier alpha value is -2.91. The average Bonchev–Trinajstić information content (AvgIpc) is 2.71. The van der Waals surface area contributed by atoms with Gasteiger partial charge in [0.2, 0.25) is 0 Å². The third kappa shape index (κ3) is 3.58. The van der Waals surface area contributed by atoms with Crippen LogP contribution in [0, 0.1) is 6.92 Å². The molecule has 4 aromatic rings. The number of fused-ring (bicyclic) bond motifs is 1. The molecule has 0 aliphatic heterocycles. The van der Waals surface area contributed by atoms with E-state index in [0.29, 0.717) is 5.75 Å². The topological polar surface area (TPSA) is 40.5 Å². The van der Waals surface area contributed by atoms with Gasteiger partial charge in [-0.15, -0.1) is 0 Å². The first-order chi connectivity index (χ1) is 13.5. The summed E-state index contributed by atoms with van der Waals surface area (Å²) in [5, 5.41) is 22.7. The molecule has 4 rings (SSSR count). The van der Waals surface area contributed by atoms with E-state index in [2.05, 4.69) is 49.4 Å². The molecule has 1 unspecified atom stereocenters. The Balaban J connectivity index is 1.76. The largest absolute Gasteiger partial charge is 0.508 e. The third-order valence-electron chi connectivity index (χ3n) is 5.13. The Kier molecular flexibility index (Phi) is 5.01. The normalized spacial score (nSPS) is 12.2. The van der Waals surface area contributed by atoms with Gasteiger partial charge < -0.3 is 10.2 Å². The van der Waals surface area contributed by atoms with Crippen molar-refractivity contribution >= 4 is 22.5 Å². The van der Waals surface area contributed by atoms with E-state index in [-0.39, 0.29) is 11.7 Å². The molecule has 2 nitrogen and oxygen atoms in total. The van der Waals surface area contributed by atoms with E-state index in [9.17, 15) is 10.2 Å². The Morgan fingerprint density at radius 2 is 1.46 bits per heavy atom. The fourth-order valence-corrected chi connectivity index (χ4v) is 4.57. The minimum atomic E-state index is 0.0603. The van der Waals surface area contributed by atoms with Crippen molar-refractivity contribution in [3.63, 3.8) is 0 Å². The third-order valence-corrected chi connectivity index (χ3v) is 6.11. The van der Waals surface area contributed by atoms with Crippen LogP contribution in [0.5, 0.6) is 11.5 Å². The SMILES string of the molecule is Cc1cc(Sc2ccc(O)cc2)cc(C(C)c2cccc3ccccc23)c1O. The molecule has 0 bridgehead atoms. The number of hydrogen-bond acceptors (Lipinski definition) is 3. The van der Waals surface area contributed by atoms with Crippen molar-refractivity contribution in [2.24, 2.45) is 0 Å². The molecular weight excluding hydrogens is 364 g/mol. The fraction of sp³-hybridized carbons (Fsp3) is 0.120. The Bertz CT molecular complexity index is 1130. The minimum Gasteiger partial charge on any atom is -0.508 e. The molecule has 2 N–H and O–H groups in total. The van der Waals surface area contributed by atoms with Crippen LogP contribution in [-0.4, -0.2) is 10.2 Å². The second-order valence-electron chi connectivity index (χ2n) is 7.06. The molecule has 0 radical (unpaired) electrons. The highest BCUT2D eigenvalue weighted by Crippen LogP contribution is 2.40. The zero-order valence-corrected chi connectivity index (χ0v) is 16.7. The molecule has 0 heterocycles. The van der Waals surface area contributed by atoms with Crippen LogP contribution in [0.15, 0.2) is 88.7 Å². The van der Waals surface area contributed by atoms with Crippen LogP contribution in [0.3, 0.4) is 0 Å². The highest BCUT2D eigenvalue weighted by molar-refractivity contribution is 7.99. The molecule has 0 saturated heterocycles. The standard InChI is InChI=1S/C25H22O2S/c1-16-14-21(28-20-12-10-19(26)11-13-20)15-24(25(16)27)17(2)22-9-5-7-18-6-3-4-8-23(18)22/h3-15,17,26-27H,1-2H3. The number of hydrogen-bond donors (Lipinski definition) is 2. The van der Waals surface area contributed by atoms with Gasteiger partial charge in [-0.25, -0.2) is 0 Å². The summed E-state index contributed by atoms with van der Waals surface area (Å²) in [6.45, 7) is 4.08. The number of aromatic hydroxyl groups is 2. The Morgan fingerprint density at radius 1 is 0.750 bits per heavy atom. The molecule has 140 valence electrons. The molecule has 0 saturated carbocycles. The van der Waals surface area contributed by atoms with Crippen LogP contribution >= 0.6 is 11.8 Å². The van der Waals surface area contributed by atoms with Crippen LogP contribution in [0.25, 0.3) is 10.8 Å². The molecule has 1 atom stereocenters. The molecule has 0 fully saturated rings. The van der Waals surface area contributed by atoms with Gasteiger partial charge in [-0.05, 0) is 65.2 Å². The van der Waals surface area contributed by atoms with Gasteiger partial charge in [0.15, 0.2) is 0 Å². The van der Waals surface area contributed by atoms with Gasteiger partial charge in [-0.3, -0.25) is 0 Å².